The number of nitrogens with one attached hydrogen (secondary N) is 1. The van der Waals surface area contributed by atoms with Gasteiger partial charge < -0.3 is 9.72 Å². The van der Waals surface area contributed by atoms with Gasteiger partial charge in [-0.1, -0.05) is 24.3 Å². The maximum Gasteiger partial charge on any atom is 0.189 e. The lowest BCUT2D eigenvalue weighted by atomic mass is 10.1. The van der Waals surface area contributed by atoms with Gasteiger partial charge in [0.15, 0.2) is 5.43 Å². The molecule has 0 bridgehead atoms. The van der Waals surface area contributed by atoms with E-state index < -0.39 is 0 Å². The molecule has 0 saturated heterocycles. The van der Waals surface area contributed by atoms with Crippen molar-refractivity contribution >= 4 is 10.9 Å². The smallest absolute Gasteiger partial charge is 0.189 e. The number of fused-ring (bicyclic) bond motifs is 1. The highest BCUT2D eigenvalue weighted by Gasteiger charge is 2.00. The number of ether oxygens (including phenoxy) is 1. The Labute approximate surface area is 110 Å². The molecule has 94 valence electrons. The largest absolute Gasteiger partial charge is 0.489 e. The van der Waals surface area contributed by atoms with Crippen LogP contribution in [0.25, 0.3) is 10.9 Å². The third-order valence-corrected chi connectivity index (χ3v) is 2.97. The number of hydrogen-bond acceptors (Lipinski definition) is 2. The van der Waals surface area contributed by atoms with E-state index in [-0.39, 0.29) is 5.43 Å². The highest BCUT2D eigenvalue weighted by Crippen LogP contribution is 2.14. The molecule has 2 aromatic carbocycles. The van der Waals surface area contributed by atoms with Gasteiger partial charge in [-0.25, -0.2) is 0 Å². The second-order valence-corrected chi connectivity index (χ2v) is 4.32. The second kappa shape index (κ2) is 4.98. The first-order chi connectivity index (χ1) is 9.33. The van der Waals surface area contributed by atoms with Crippen LogP contribution in [0.1, 0.15) is 5.56 Å². The van der Waals surface area contributed by atoms with Crippen LogP contribution in [-0.2, 0) is 6.61 Å². The Morgan fingerprint density at radius 2 is 1.84 bits per heavy atom. The molecular formula is C16H13NO2. The first kappa shape index (κ1) is 11.5. The van der Waals surface area contributed by atoms with E-state index in [2.05, 4.69) is 4.98 Å². The van der Waals surface area contributed by atoms with Gasteiger partial charge in [-0.3, -0.25) is 4.79 Å². The molecular weight excluding hydrogens is 238 g/mol. The summed E-state index contributed by atoms with van der Waals surface area (Å²) in [4.78, 5) is 14.7. The number of hydrogen-bond donors (Lipinski definition) is 1. The van der Waals surface area contributed by atoms with Crippen LogP contribution in [0, 0.1) is 0 Å². The molecule has 0 radical (unpaired) electrons. The first-order valence-electron chi connectivity index (χ1n) is 6.11. The van der Waals surface area contributed by atoms with Gasteiger partial charge in [0.25, 0.3) is 0 Å². The Hall–Kier alpha value is -2.55. The standard InChI is InChI=1S/C16H13NO2/c18-16-8-9-17-15-10-12(6-7-14(15)16)11-19-13-4-2-1-3-5-13/h1-10H,11H2,(H,17,18). The summed E-state index contributed by atoms with van der Waals surface area (Å²) in [7, 11) is 0. The summed E-state index contributed by atoms with van der Waals surface area (Å²) in [6.07, 6.45) is 1.66. The van der Waals surface area contributed by atoms with Crippen molar-refractivity contribution in [2.24, 2.45) is 0 Å². The quantitative estimate of drug-likeness (QED) is 0.777. The summed E-state index contributed by atoms with van der Waals surface area (Å²) in [5.41, 5.74) is 1.89. The third-order valence-electron chi connectivity index (χ3n) is 2.97. The molecule has 0 amide bonds. The summed E-state index contributed by atoms with van der Waals surface area (Å²) in [6.45, 7) is 0.483. The SMILES string of the molecule is O=c1cc[nH]c2cc(COc3ccccc3)ccc12. The lowest BCUT2D eigenvalue weighted by molar-refractivity contribution is 0.306. The highest BCUT2D eigenvalue weighted by atomic mass is 16.5. The zero-order valence-corrected chi connectivity index (χ0v) is 10.3. The lowest BCUT2D eigenvalue weighted by Gasteiger charge is -2.06. The Bertz CT molecular complexity index is 747. The number of para-hydroxylation sites is 1. The van der Waals surface area contributed by atoms with Crippen molar-refractivity contribution in [3.63, 3.8) is 0 Å². The molecule has 3 heteroatoms. The van der Waals surface area contributed by atoms with Gasteiger partial charge in [-0.2, -0.15) is 0 Å². The molecule has 0 aliphatic carbocycles. The van der Waals surface area contributed by atoms with Crippen LogP contribution in [0.2, 0.25) is 0 Å². The number of pyridine rings is 1. The highest BCUT2D eigenvalue weighted by molar-refractivity contribution is 5.78. The topological polar surface area (TPSA) is 42.1 Å². The first-order valence-corrected chi connectivity index (χ1v) is 6.11. The molecule has 1 aromatic heterocycles. The molecule has 3 nitrogen and oxygen atoms in total. The van der Waals surface area contributed by atoms with Crippen LogP contribution in [-0.4, -0.2) is 4.98 Å². The van der Waals surface area contributed by atoms with Gasteiger partial charge in [0.2, 0.25) is 0 Å². The zero-order valence-electron chi connectivity index (χ0n) is 10.3. The van der Waals surface area contributed by atoms with Crippen LogP contribution in [0.5, 0.6) is 5.75 Å². The van der Waals surface area contributed by atoms with Gasteiger partial charge in [0.1, 0.15) is 12.4 Å². The van der Waals surface area contributed by atoms with Crippen molar-refractivity contribution < 1.29 is 4.74 Å². The van der Waals surface area contributed by atoms with Crippen LogP contribution in [0.15, 0.2) is 65.6 Å². The van der Waals surface area contributed by atoms with Crippen LogP contribution < -0.4 is 10.2 Å². The molecule has 1 N–H and O–H groups in total. The number of rotatable bonds is 3. The van der Waals surface area contributed by atoms with E-state index in [1.54, 1.807) is 6.20 Å². The summed E-state index contributed by atoms with van der Waals surface area (Å²) in [5, 5.41) is 0.700. The molecule has 3 rings (SSSR count). The van der Waals surface area contributed by atoms with Gasteiger partial charge >= 0.3 is 0 Å². The molecule has 1 heterocycles. The van der Waals surface area contributed by atoms with E-state index in [0.29, 0.717) is 12.0 Å². The summed E-state index contributed by atoms with van der Waals surface area (Å²) in [6, 6.07) is 16.9. The van der Waals surface area contributed by atoms with Crippen molar-refractivity contribution in [3.8, 4) is 5.75 Å². The van der Waals surface area contributed by atoms with Gasteiger partial charge in [0, 0.05) is 23.2 Å². The van der Waals surface area contributed by atoms with Crippen molar-refractivity contribution in [1.29, 1.82) is 0 Å². The minimum absolute atomic E-state index is 0.0317. The van der Waals surface area contributed by atoms with Crippen LogP contribution in [0.4, 0.5) is 0 Å². The fourth-order valence-corrected chi connectivity index (χ4v) is 2.00. The molecule has 19 heavy (non-hydrogen) atoms. The second-order valence-electron chi connectivity index (χ2n) is 4.32. The molecule has 0 unspecified atom stereocenters. The Balaban J connectivity index is 1.84. The monoisotopic (exact) mass is 251 g/mol. The van der Waals surface area contributed by atoms with E-state index in [4.69, 9.17) is 4.74 Å². The van der Waals surface area contributed by atoms with Crippen molar-refractivity contribution in [3.05, 3.63) is 76.6 Å². The predicted molar refractivity (Wildman–Crippen MR) is 75.3 cm³/mol. The van der Waals surface area contributed by atoms with E-state index >= 15 is 0 Å². The number of aromatic amines is 1. The third kappa shape index (κ3) is 2.50. The van der Waals surface area contributed by atoms with E-state index in [0.717, 1.165) is 16.8 Å². The molecule has 3 aromatic rings. The average Bonchev–Trinajstić information content (AvgIpc) is 2.46. The normalized spacial score (nSPS) is 10.5. The van der Waals surface area contributed by atoms with E-state index in [1.165, 1.54) is 6.07 Å². The Morgan fingerprint density at radius 1 is 1.00 bits per heavy atom. The van der Waals surface area contributed by atoms with Crippen molar-refractivity contribution in [2.45, 2.75) is 6.61 Å². The van der Waals surface area contributed by atoms with E-state index in [9.17, 15) is 4.79 Å². The summed E-state index contributed by atoms with van der Waals surface area (Å²) < 4.78 is 5.68. The zero-order chi connectivity index (χ0) is 13.1. The summed E-state index contributed by atoms with van der Waals surface area (Å²) >= 11 is 0. The van der Waals surface area contributed by atoms with Crippen LogP contribution in [0.3, 0.4) is 0 Å². The maximum absolute atomic E-state index is 11.6. The fourth-order valence-electron chi connectivity index (χ4n) is 2.00. The van der Waals surface area contributed by atoms with Crippen molar-refractivity contribution in [2.75, 3.05) is 0 Å². The van der Waals surface area contributed by atoms with Gasteiger partial charge in [-0.05, 0) is 29.8 Å². The van der Waals surface area contributed by atoms with Gasteiger partial charge in [0.05, 0.1) is 0 Å². The predicted octanol–water partition coefficient (Wildman–Crippen LogP) is 3.11. The molecule has 0 aliphatic heterocycles. The van der Waals surface area contributed by atoms with E-state index in [1.807, 2.05) is 48.5 Å². The maximum atomic E-state index is 11.6. The van der Waals surface area contributed by atoms with Gasteiger partial charge in [-0.15, -0.1) is 0 Å². The van der Waals surface area contributed by atoms with Crippen molar-refractivity contribution in [1.82, 2.24) is 4.98 Å². The fraction of sp³-hybridized carbons (Fsp3) is 0.0625. The lowest BCUT2D eigenvalue weighted by Crippen LogP contribution is -2.01. The number of H-pyrrole nitrogens is 1. The summed E-state index contributed by atoms with van der Waals surface area (Å²) in [5.74, 6) is 0.837. The molecule has 0 spiro atoms. The number of benzene rings is 2. The van der Waals surface area contributed by atoms with Crippen LogP contribution >= 0.6 is 0 Å². The molecule has 0 atom stereocenters. The minimum atomic E-state index is 0.0317. The molecule has 0 aliphatic rings. The number of aromatic nitrogens is 1. The molecule has 0 saturated carbocycles. The minimum Gasteiger partial charge on any atom is -0.489 e. The Morgan fingerprint density at radius 3 is 2.68 bits per heavy atom. The average molecular weight is 251 g/mol. The molecule has 0 fully saturated rings. The Kier molecular flexibility index (Phi) is 3.02.